The summed E-state index contributed by atoms with van der Waals surface area (Å²) in [6.45, 7) is 4.96. The second-order valence-corrected chi connectivity index (χ2v) is 7.54. The summed E-state index contributed by atoms with van der Waals surface area (Å²) in [7, 11) is 2.03. The highest BCUT2D eigenvalue weighted by atomic mass is 19.1. The molecule has 1 aromatic carbocycles. The largest absolute Gasteiger partial charge is 0.477 e. The first kappa shape index (κ1) is 17.8. The van der Waals surface area contributed by atoms with E-state index in [9.17, 15) is 14.7 Å². The number of likely N-dealkylation sites (N-methyl/N-ethyl adjacent to an activating group) is 1. The van der Waals surface area contributed by atoms with Crippen molar-refractivity contribution in [1.29, 1.82) is 0 Å². The van der Waals surface area contributed by atoms with Crippen molar-refractivity contribution < 1.29 is 14.3 Å². The summed E-state index contributed by atoms with van der Waals surface area (Å²) in [5.41, 5.74) is 6.53. The molecule has 1 aromatic heterocycles. The number of carboxylic acids is 1. The molecule has 4 rings (SSSR count). The number of anilines is 2. The number of carboxylic acid groups (broad SMARTS) is 1. The van der Waals surface area contributed by atoms with Gasteiger partial charge in [0, 0.05) is 44.0 Å². The van der Waals surface area contributed by atoms with E-state index >= 15 is 4.39 Å². The number of aromatic carboxylic acids is 1. The second kappa shape index (κ2) is 6.23. The van der Waals surface area contributed by atoms with Crippen molar-refractivity contribution in [2.75, 3.05) is 43.9 Å². The molecule has 0 bridgehead atoms. The quantitative estimate of drug-likeness (QED) is 0.777. The molecule has 1 atom stereocenters. The fourth-order valence-corrected chi connectivity index (χ4v) is 4.26. The number of aryl methyl sites for hydroxylation is 1. The maximum absolute atomic E-state index is 15.4. The smallest absolute Gasteiger partial charge is 0.341 e. The average Bonchev–Trinajstić information content (AvgIpc) is 2.63. The van der Waals surface area contributed by atoms with Crippen molar-refractivity contribution in [3.05, 3.63) is 33.4 Å². The maximum Gasteiger partial charge on any atom is 0.341 e. The van der Waals surface area contributed by atoms with Gasteiger partial charge in [0.2, 0.25) is 5.43 Å². The van der Waals surface area contributed by atoms with Crippen LogP contribution in [0.15, 0.2) is 11.0 Å². The van der Waals surface area contributed by atoms with E-state index in [0.717, 1.165) is 25.1 Å². The summed E-state index contributed by atoms with van der Waals surface area (Å²) in [4.78, 5) is 28.5. The Morgan fingerprint density at radius 1 is 1.30 bits per heavy atom. The van der Waals surface area contributed by atoms with E-state index in [2.05, 4.69) is 4.90 Å². The van der Waals surface area contributed by atoms with Crippen LogP contribution in [0.5, 0.6) is 0 Å². The summed E-state index contributed by atoms with van der Waals surface area (Å²) < 4.78 is 17.1. The number of rotatable bonds is 2. The van der Waals surface area contributed by atoms with E-state index in [1.54, 1.807) is 4.57 Å². The monoisotopic (exact) mass is 374 g/mol. The van der Waals surface area contributed by atoms with Crippen LogP contribution in [-0.2, 0) is 6.42 Å². The summed E-state index contributed by atoms with van der Waals surface area (Å²) in [5, 5.41) is 9.39. The van der Waals surface area contributed by atoms with Gasteiger partial charge in [-0.1, -0.05) is 0 Å². The average molecular weight is 374 g/mol. The Morgan fingerprint density at radius 3 is 2.59 bits per heavy atom. The minimum absolute atomic E-state index is 0.00361. The zero-order valence-corrected chi connectivity index (χ0v) is 15.5. The van der Waals surface area contributed by atoms with E-state index in [0.29, 0.717) is 30.7 Å². The van der Waals surface area contributed by atoms with Gasteiger partial charge in [-0.15, -0.1) is 0 Å². The van der Waals surface area contributed by atoms with E-state index in [4.69, 9.17) is 5.73 Å². The van der Waals surface area contributed by atoms with Gasteiger partial charge in [-0.25, -0.2) is 9.18 Å². The zero-order chi connectivity index (χ0) is 19.5. The predicted octanol–water partition coefficient (Wildman–Crippen LogP) is 1.68. The lowest BCUT2D eigenvalue weighted by molar-refractivity contribution is 0.0694. The number of piperazine rings is 1. The van der Waals surface area contributed by atoms with Crippen LogP contribution in [0.2, 0.25) is 0 Å². The topological polar surface area (TPSA) is 91.8 Å². The number of hydrogen-bond donors (Lipinski definition) is 2. The van der Waals surface area contributed by atoms with Crippen molar-refractivity contribution >= 4 is 28.2 Å². The van der Waals surface area contributed by atoms with Crippen molar-refractivity contribution in [2.24, 2.45) is 0 Å². The molecular weight excluding hydrogens is 351 g/mol. The molecule has 27 heavy (non-hydrogen) atoms. The highest BCUT2D eigenvalue weighted by Crippen LogP contribution is 2.41. The van der Waals surface area contributed by atoms with Gasteiger partial charge in [0.15, 0.2) is 5.82 Å². The van der Waals surface area contributed by atoms with Gasteiger partial charge in [0.05, 0.1) is 22.3 Å². The molecule has 2 aliphatic heterocycles. The van der Waals surface area contributed by atoms with Crippen LogP contribution >= 0.6 is 0 Å². The molecule has 2 aromatic rings. The van der Waals surface area contributed by atoms with Crippen LogP contribution in [0.3, 0.4) is 0 Å². The van der Waals surface area contributed by atoms with Crippen molar-refractivity contribution in [3.63, 3.8) is 0 Å². The van der Waals surface area contributed by atoms with Crippen molar-refractivity contribution in [2.45, 2.75) is 25.8 Å². The van der Waals surface area contributed by atoms with Crippen molar-refractivity contribution in [1.82, 2.24) is 9.47 Å². The van der Waals surface area contributed by atoms with Crippen LogP contribution in [0.25, 0.3) is 10.9 Å². The van der Waals surface area contributed by atoms with Crippen LogP contribution < -0.4 is 16.1 Å². The van der Waals surface area contributed by atoms with E-state index in [1.807, 2.05) is 18.9 Å². The van der Waals surface area contributed by atoms with E-state index in [1.165, 1.54) is 6.20 Å². The van der Waals surface area contributed by atoms with Crippen molar-refractivity contribution in [3.8, 4) is 0 Å². The maximum atomic E-state index is 15.4. The molecule has 0 spiro atoms. The SMILES string of the molecule is CC1CCc2c(N3CCN(C)CC3)c(F)c(N)c3c(=O)c(C(=O)O)cn1c23. The highest BCUT2D eigenvalue weighted by molar-refractivity contribution is 6.01. The third kappa shape index (κ3) is 2.58. The minimum Gasteiger partial charge on any atom is -0.477 e. The summed E-state index contributed by atoms with van der Waals surface area (Å²) in [6.07, 6.45) is 2.75. The van der Waals surface area contributed by atoms with E-state index in [-0.39, 0.29) is 22.7 Å². The number of pyridine rings is 1. The zero-order valence-electron chi connectivity index (χ0n) is 15.5. The summed E-state index contributed by atoms with van der Waals surface area (Å²) in [5.74, 6) is -1.93. The van der Waals surface area contributed by atoms with Gasteiger partial charge in [-0.2, -0.15) is 0 Å². The molecule has 1 unspecified atom stereocenters. The number of carbonyl (C=O) groups is 1. The van der Waals surface area contributed by atoms with Crippen LogP contribution in [0, 0.1) is 5.82 Å². The molecule has 3 N–H and O–H groups in total. The number of halogens is 1. The Balaban J connectivity index is 2.07. The highest BCUT2D eigenvalue weighted by Gasteiger charge is 2.31. The van der Waals surface area contributed by atoms with E-state index < -0.39 is 17.2 Å². The van der Waals surface area contributed by atoms with Gasteiger partial charge >= 0.3 is 5.97 Å². The Hall–Kier alpha value is -2.61. The predicted molar refractivity (Wildman–Crippen MR) is 102 cm³/mol. The molecule has 8 heteroatoms. The van der Waals surface area contributed by atoms with Crippen LogP contribution in [0.4, 0.5) is 15.8 Å². The lowest BCUT2D eigenvalue weighted by atomic mass is 9.92. The molecule has 0 aliphatic carbocycles. The molecule has 3 heterocycles. The minimum atomic E-state index is -1.33. The third-order valence-electron chi connectivity index (χ3n) is 5.86. The van der Waals surface area contributed by atoms with Crippen LogP contribution in [0.1, 0.15) is 35.3 Å². The molecule has 1 fully saturated rings. The van der Waals surface area contributed by atoms with Crippen LogP contribution in [-0.4, -0.2) is 53.8 Å². The number of nitrogens with zero attached hydrogens (tertiary/aromatic N) is 3. The fourth-order valence-electron chi connectivity index (χ4n) is 4.26. The lowest BCUT2D eigenvalue weighted by Crippen LogP contribution is -2.45. The molecule has 0 radical (unpaired) electrons. The molecule has 144 valence electrons. The van der Waals surface area contributed by atoms with Gasteiger partial charge in [-0.3, -0.25) is 4.79 Å². The Morgan fingerprint density at radius 2 is 1.96 bits per heavy atom. The number of aromatic nitrogens is 1. The molecule has 1 saturated heterocycles. The third-order valence-corrected chi connectivity index (χ3v) is 5.86. The number of nitrogen functional groups attached to an aromatic ring is 1. The Labute approximate surface area is 155 Å². The Kier molecular flexibility index (Phi) is 4.10. The second-order valence-electron chi connectivity index (χ2n) is 7.54. The van der Waals surface area contributed by atoms with Gasteiger partial charge in [-0.05, 0) is 26.8 Å². The first-order chi connectivity index (χ1) is 12.8. The first-order valence-corrected chi connectivity index (χ1v) is 9.16. The van der Waals surface area contributed by atoms with Gasteiger partial charge < -0.3 is 25.2 Å². The first-order valence-electron chi connectivity index (χ1n) is 9.16. The molecule has 2 aliphatic rings. The lowest BCUT2D eigenvalue weighted by Gasteiger charge is -2.37. The summed E-state index contributed by atoms with van der Waals surface area (Å²) >= 11 is 0. The molecule has 0 saturated carbocycles. The van der Waals surface area contributed by atoms with Gasteiger partial charge in [0.1, 0.15) is 5.56 Å². The summed E-state index contributed by atoms with van der Waals surface area (Å²) in [6, 6.07) is 0.00361. The number of benzene rings is 1. The number of nitrogens with two attached hydrogens (primary N) is 1. The normalized spacial score (nSPS) is 20.3. The molecule has 7 nitrogen and oxygen atoms in total. The fraction of sp³-hybridized carbons (Fsp3) is 0.474. The molecular formula is C19H23FN4O3. The van der Waals surface area contributed by atoms with Gasteiger partial charge in [0.25, 0.3) is 0 Å². The standard InChI is InChI=1S/C19H23FN4O3/c1-10-3-4-11-16-13(18(25)12(19(26)27)9-24(10)16)15(21)14(20)17(11)23-7-5-22(2)6-8-23/h9-10H,3-8,21H2,1-2H3,(H,26,27). The molecule has 0 amide bonds. The Bertz CT molecular complexity index is 1010. The number of hydrogen-bond acceptors (Lipinski definition) is 5.